The van der Waals surface area contributed by atoms with Crippen LogP contribution in [0.3, 0.4) is 0 Å². The Morgan fingerprint density at radius 3 is 2.88 bits per heavy atom. The number of rotatable bonds is 4. The summed E-state index contributed by atoms with van der Waals surface area (Å²) in [5.41, 5.74) is 0. The van der Waals surface area contributed by atoms with Gasteiger partial charge in [0.2, 0.25) is 5.95 Å². The molecule has 0 saturated heterocycles. The molecule has 0 radical (unpaired) electrons. The Morgan fingerprint density at radius 2 is 2.24 bits per heavy atom. The van der Waals surface area contributed by atoms with Crippen molar-refractivity contribution in [1.29, 1.82) is 0 Å². The largest absolute Gasteiger partial charge is 0.361 e. The predicted molar refractivity (Wildman–Crippen MR) is 65.5 cm³/mol. The van der Waals surface area contributed by atoms with Crippen LogP contribution in [0.25, 0.3) is 0 Å². The average Bonchev–Trinajstić information content (AvgIpc) is 2.77. The lowest BCUT2D eigenvalue weighted by Crippen LogP contribution is -2.08. The molecule has 1 N–H and O–H groups in total. The first-order valence-electron chi connectivity index (χ1n) is 5.37. The molecule has 2 heterocycles. The SMILES string of the molecule is CCc1cnc(C(C)Nc2cc(F)ncn2)s1. The number of hydrogen-bond donors (Lipinski definition) is 1. The topological polar surface area (TPSA) is 50.7 Å². The smallest absolute Gasteiger partial charge is 0.217 e. The van der Waals surface area contributed by atoms with Crippen molar-refractivity contribution in [2.75, 3.05) is 5.32 Å². The Morgan fingerprint density at radius 1 is 1.41 bits per heavy atom. The van der Waals surface area contributed by atoms with E-state index in [9.17, 15) is 4.39 Å². The van der Waals surface area contributed by atoms with Gasteiger partial charge in [-0.05, 0) is 13.3 Å². The molecule has 0 aliphatic heterocycles. The van der Waals surface area contributed by atoms with Gasteiger partial charge in [0.25, 0.3) is 0 Å². The van der Waals surface area contributed by atoms with Gasteiger partial charge < -0.3 is 5.32 Å². The van der Waals surface area contributed by atoms with E-state index in [4.69, 9.17) is 0 Å². The fourth-order valence-electron chi connectivity index (χ4n) is 1.38. The molecule has 4 nitrogen and oxygen atoms in total. The maximum Gasteiger partial charge on any atom is 0.217 e. The van der Waals surface area contributed by atoms with Crippen molar-refractivity contribution in [3.8, 4) is 0 Å². The summed E-state index contributed by atoms with van der Waals surface area (Å²) >= 11 is 1.65. The molecule has 0 aliphatic rings. The molecule has 6 heteroatoms. The van der Waals surface area contributed by atoms with Crippen LogP contribution < -0.4 is 5.32 Å². The first kappa shape index (κ1) is 11.9. The van der Waals surface area contributed by atoms with E-state index in [0.717, 1.165) is 11.4 Å². The quantitative estimate of drug-likeness (QED) is 0.850. The molecular weight excluding hydrogens is 239 g/mol. The summed E-state index contributed by atoms with van der Waals surface area (Å²) in [4.78, 5) is 12.9. The highest BCUT2D eigenvalue weighted by Gasteiger charge is 2.10. The van der Waals surface area contributed by atoms with E-state index < -0.39 is 5.95 Å². The van der Waals surface area contributed by atoms with E-state index >= 15 is 0 Å². The van der Waals surface area contributed by atoms with Crippen LogP contribution in [0.1, 0.15) is 29.8 Å². The first-order chi connectivity index (χ1) is 8.19. The van der Waals surface area contributed by atoms with Crippen molar-refractivity contribution < 1.29 is 4.39 Å². The minimum Gasteiger partial charge on any atom is -0.361 e. The van der Waals surface area contributed by atoms with Gasteiger partial charge in [0.1, 0.15) is 17.2 Å². The molecule has 90 valence electrons. The summed E-state index contributed by atoms with van der Waals surface area (Å²) < 4.78 is 12.9. The van der Waals surface area contributed by atoms with E-state index in [1.165, 1.54) is 17.3 Å². The van der Waals surface area contributed by atoms with Gasteiger partial charge in [-0.25, -0.2) is 15.0 Å². The van der Waals surface area contributed by atoms with E-state index in [1.54, 1.807) is 11.3 Å². The maximum atomic E-state index is 12.9. The number of aryl methyl sites for hydroxylation is 1. The van der Waals surface area contributed by atoms with E-state index in [1.807, 2.05) is 13.1 Å². The van der Waals surface area contributed by atoms with E-state index in [2.05, 4.69) is 27.2 Å². The number of hydrogen-bond acceptors (Lipinski definition) is 5. The number of halogens is 1. The van der Waals surface area contributed by atoms with E-state index in [-0.39, 0.29) is 6.04 Å². The van der Waals surface area contributed by atoms with Gasteiger partial charge in [0.15, 0.2) is 0 Å². The molecule has 0 aliphatic carbocycles. The molecule has 2 aromatic heterocycles. The molecular formula is C11H13FN4S. The second kappa shape index (κ2) is 5.18. The summed E-state index contributed by atoms with van der Waals surface area (Å²) in [7, 11) is 0. The molecule has 2 rings (SSSR count). The first-order valence-corrected chi connectivity index (χ1v) is 6.19. The number of anilines is 1. The van der Waals surface area contributed by atoms with Crippen LogP contribution in [-0.2, 0) is 6.42 Å². The monoisotopic (exact) mass is 252 g/mol. The van der Waals surface area contributed by atoms with Gasteiger partial charge in [-0.15, -0.1) is 11.3 Å². The van der Waals surface area contributed by atoms with Crippen LogP contribution in [0.4, 0.5) is 10.2 Å². The molecule has 1 atom stereocenters. The molecule has 0 spiro atoms. The summed E-state index contributed by atoms with van der Waals surface area (Å²) in [6.07, 6.45) is 4.05. The van der Waals surface area contributed by atoms with Crippen molar-refractivity contribution >= 4 is 17.2 Å². The summed E-state index contributed by atoms with van der Waals surface area (Å²) in [5, 5.41) is 4.07. The molecule has 2 aromatic rings. The predicted octanol–water partition coefficient (Wildman–Crippen LogP) is 2.81. The molecule has 1 unspecified atom stereocenters. The third-order valence-electron chi connectivity index (χ3n) is 2.29. The van der Waals surface area contributed by atoms with Gasteiger partial charge in [-0.1, -0.05) is 6.92 Å². The molecule has 17 heavy (non-hydrogen) atoms. The van der Waals surface area contributed by atoms with Crippen LogP contribution >= 0.6 is 11.3 Å². The van der Waals surface area contributed by atoms with E-state index in [0.29, 0.717) is 5.82 Å². The zero-order valence-corrected chi connectivity index (χ0v) is 10.5. The van der Waals surface area contributed by atoms with Crippen LogP contribution in [-0.4, -0.2) is 15.0 Å². The van der Waals surface area contributed by atoms with Gasteiger partial charge in [-0.3, -0.25) is 0 Å². The Hall–Kier alpha value is -1.56. The summed E-state index contributed by atoms with van der Waals surface area (Å²) in [6, 6.07) is 1.28. The lowest BCUT2D eigenvalue weighted by molar-refractivity contribution is 0.579. The fraction of sp³-hybridized carbons (Fsp3) is 0.364. The Bertz CT molecular complexity index is 500. The summed E-state index contributed by atoms with van der Waals surface area (Å²) in [6.45, 7) is 4.06. The minimum atomic E-state index is -0.539. The normalized spacial score (nSPS) is 12.4. The zero-order valence-electron chi connectivity index (χ0n) is 9.64. The molecule has 0 aromatic carbocycles. The molecule has 0 amide bonds. The maximum absolute atomic E-state index is 12.9. The molecule has 0 saturated carbocycles. The highest BCUT2D eigenvalue weighted by molar-refractivity contribution is 7.11. The van der Waals surface area contributed by atoms with Gasteiger partial charge in [-0.2, -0.15) is 4.39 Å². The van der Waals surface area contributed by atoms with Crippen molar-refractivity contribution in [2.45, 2.75) is 26.3 Å². The average molecular weight is 252 g/mol. The summed E-state index contributed by atoms with van der Waals surface area (Å²) in [5.74, 6) is -0.0682. The third-order valence-corrected chi connectivity index (χ3v) is 3.61. The molecule has 0 bridgehead atoms. The molecule has 0 fully saturated rings. The van der Waals surface area contributed by atoms with Crippen LogP contribution in [0, 0.1) is 5.95 Å². The Kier molecular flexibility index (Phi) is 3.63. The van der Waals surface area contributed by atoms with Gasteiger partial charge in [0.05, 0.1) is 6.04 Å². The highest BCUT2D eigenvalue weighted by atomic mass is 32.1. The van der Waals surface area contributed by atoms with Crippen molar-refractivity contribution in [2.24, 2.45) is 0 Å². The van der Waals surface area contributed by atoms with Crippen LogP contribution in [0.15, 0.2) is 18.6 Å². The number of nitrogens with one attached hydrogen (secondary N) is 1. The second-order valence-electron chi connectivity index (χ2n) is 3.61. The third kappa shape index (κ3) is 2.97. The fourth-order valence-corrected chi connectivity index (χ4v) is 2.24. The lowest BCUT2D eigenvalue weighted by Gasteiger charge is -2.11. The number of thiazole rings is 1. The Labute approximate surface area is 103 Å². The van der Waals surface area contributed by atoms with Gasteiger partial charge in [0, 0.05) is 17.1 Å². The standard InChI is InChI=1S/C11H13FN4S/c1-3-8-5-13-11(17-8)7(2)16-10-4-9(12)14-6-15-10/h4-7H,3H2,1-2H3,(H,14,15,16). The van der Waals surface area contributed by atoms with Crippen molar-refractivity contribution in [3.05, 3.63) is 34.4 Å². The highest BCUT2D eigenvalue weighted by Crippen LogP contribution is 2.23. The lowest BCUT2D eigenvalue weighted by atomic mass is 10.3. The number of aromatic nitrogens is 3. The van der Waals surface area contributed by atoms with Crippen molar-refractivity contribution in [3.63, 3.8) is 0 Å². The van der Waals surface area contributed by atoms with Crippen LogP contribution in [0.5, 0.6) is 0 Å². The van der Waals surface area contributed by atoms with Crippen molar-refractivity contribution in [1.82, 2.24) is 15.0 Å². The zero-order chi connectivity index (χ0) is 12.3. The second-order valence-corrected chi connectivity index (χ2v) is 4.76. The minimum absolute atomic E-state index is 0.00889. The van der Waals surface area contributed by atoms with Crippen LogP contribution in [0.2, 0.25) is 0 Å². The van der Waals surface area contributed by atoms with Gasteiger partial charge >= 0.3 is 0 Å². The number of nitrogens with zero attached hydrogens (tertiary/aromatic N) is 3. The Balaban J connectivity index is 2.08.